The van der Waals surface area contributed by atoms with E-state index in [0.717, 1.165) is 270 Å². The van der Waals surface area contributed by atoms with Crippen LogP contribution in [0.5, 0.6) is 0 Å². The van der Waals surface area contributed by atoms with E-state index in [9.17, 15) is 37.2 Å². The van der Waals surface area contributed by atoms with E-state index in [1.807, 2.05) is 76.3 Å². The quantitative estimate of drug-likeness (QED) is 0.0861. The first-order chi connectivity index (χ1) is 72.3. The van der Waals surface area contributed by atoms with Crippen LogP contribution in [0, 0.1) is 17.2 Å². The molecule has 9 aromatic heterocycles. The summed E-state index contributed by atoms with van der Waals surface area (Å²) >= 11 is 0. The lowest BCUT2D eigenvalue weighted by Gasteiger charge is -2.35. The third kappa shape index (κ3) is 19.8. The van der Waals surface area contributed by atoms with Crippen molar-refractivity contribution >= 4 is 69.6 Å². The van der Waals surface area contributed by atoms with Crippen LogP contribution < -0.4 is 24.5 Å². The number of rotatable bonds is 15. The van der Waals surface area contributed by atoms with Crippen LogP contribution in [0.4, 0.5) is 69.4 Å². The minimum absolute atomic E-state index is 0.000980. The van der Waals surface area contributed by atoms with Gasteiger partial charge in [-0.05, 0) is 189 Å². The number of amides is 3. The number of hydrogen-bond acceptors (Lipinski definition) is 23. The molecule has 3 atom stereocenters. The molecule has 4 saturated heterocycles. The second-order valence-corrected chi connectivity index (χ2v) is 42.3. The van der Waals surface area contributed by atoms with E-state index in [-0.39, 0.29) is 52.8 Å². The van der Waals surface area contributed by atoms with E-state index < -0.39 is 12.9 Å². The van der Waals surface area contributed by atoms with Gasteiger partial charge in [-0.1, -0.05) is 32.0 Å². The van der Waals surface area contributed by atoms with Crippen molar-refractivity contribution in [1.29, 1.82) is 5.26 Å². The van der Waals surface area contributed by atoms with Gasteiger partial charge in [-0.3, -0.25) is 51.8 Å². The number of carbonyl (C=O) groups excluding carboxylic acids is 3. The zero-order valence-electron chi connectivity index (χ0n) is 86.7. The zero-order chi connectivity index (χ0) is 103. The summed E-state index contributed by atoms with van der Waals surface area (Å²) in [4.78, 5) is 53.9. The first-order valence-corrected chi connectivity index (χ1v) is 53.1. The van der Waals surface area contributed by atoms with Crippen molar-refractivity contribution in [1.82, 2.24) is 98.1 Å². The average molecular weight is 2030 g/mol. The van der Waals surface area contributed by atoms with Gasteiger partial charge in [0.05, 0.1) is 86.8 Å². The average Bonchev–Trinajstić information content (AvgIpc) is 1.62. The molecule has 149 heavy (non-hydrogen) atoms. The van der Waals surface area contributed by atoms with Gasteiger partial charge in [0, 0.05) is 317 Å². The van der Waals surface area contributed by atoms with Gasteiger partial charge in [0.2, 0.25) is 17.7 Å². The summed E-state index contributed by atoms with van der Waals surface area (Å²) in [5, 5.41) is 52.3. The molecule has 38 heteroatoms. The van der Waals surface area contributed by atoms with E-state index in [1.54, 1.807) is 92.1 Å². The molecule has 25 rings (SSSR count). The molecule has 13 aromatic rings. The van der Waals surface area contributed by atoms with Gasteiger partial charge in [0.1, 0.15) is 6.26 Å². The number of hydrogen-bond donors (Lipinski definition) is 0. The maximum Gasteiger partial charge on any atom is 0.264 e. The molecular weight excluding hydrogens is 1900 g/mol. The summed E-state index contributed by atoms with van der Waals surface area (Å²) in [5.74, 6) is 5.51. The predicted octanol–water partition coefficient (Wildman–Crippen LogP) is 18.3. The summed E-state index contributed by atoms with van der Waals surface area (Å²) in [7, 11) is 7.43. The Bertz CT molecular complexity index is 6940. The van der Waals surface area contributed by atoms with Crippen molar-refractivity contribution in [3.05, 3.63) is 200 Å². The lowest BCUT2D eigenvalue weighted by Crippen LogP contribution is -2.36. The van der Waals surface area contributed by atoms with E-state index in [1.165, 1.54) is 39.3 Å². The Hall–Kier alpha value is -13.8. The maximum atomic E-state index is 14.5. The molecule has 0 aliphatic carbocycles. The van der Waals surface area contributed by atoms with E-state index in [2.05, 4.69) is 126 Å². The Morgan fingerprint density at radius 3 is 1.19 bits per heavy atom. The second-order valence-electron chi connectivity index (χ2n) is 42.3. The van der Waals surface area contributed by atoms with Crippen molar-refractivity contribution in [2.45, 2.75) is 226 Å². The summed E-state index contributed by atoms with van der Waals surface area (Å²) in [5.41, 5.74) is 25.3. The molecule has 1 unspecified atom stereocenters. The van der Waals surface area contributed by atoms with Gasteiger partial charge in [-0.2, -0.15) is 46.1 Å². The highest BCUT2D eigenvalue weighted by Crippen LogP contribution is 2.52. The number of benzene rings is 4. The fraction of sp³-hybridized carbons (Fsp3) is 0.505. The fourth-order valence-electron chi connectivity index (χ4n) is 24.6. The van der Waals surface area contributed by atoms with E-state index in [4.69, 9.17) is 43.9 Å². The lowest BCUT2D eigenvalue weighted by molar-refractivity contribution is -0.130. The van der Waals surface area contributed by atoms with Gasteiger partial charge >= 0.3 is 0 Å². The van der Waals surface area contributed by atoms with Crippen LogP contribution in [-0.2, 0) is 126 Å². The van der Waals surface area contributed by atoms with Crippen LogP contribution in [0.15, 0.2) is 121 Å². The van der Waals surface area contributed by atoms with Gasteiger partial charge in [-0.15, -0.1) is 0 Å². The molecule has 12 aliphatic rings. The first-order valence-electron chi connectivity index (χ1n) is 53.1. The third-order valence-electron chi connectivity index (χ3n) is 32.6. The normalized spacial score (nSPS) is 19.6. The lowest BCUT2D eigenvalue weighted by atomic mass is 9.87. The van der Waals surface area contributed by atoms with Crippen molar-refractivity contribution in [2.75, 3.05) is 130 Å². The number of nitriles is 1. The predicted molar refractivity (Wildman–Crippen MR) is 555 cm³/mol. The Morgan fingerprint density at radius 2 is 0.799 bits per heavy atom. The minimum Gasteiger partial charge on any atom is -0.381 e. The number of aryl methyl sites for hydroxylation is 5. The molecule has 4 aromatic carbocycles. The van der Waals surface area contributed by atoms with Crippen molar-refractivity contribution in [3.8, 4) is 50.6 Å². The molecule has 21 heterocycles. The monoisotopic (exact) mass is 2030 g/mol. The summed E-state index contributed by atoms with van der Waals surface area (Å²) < 4.78 is 101. The van der Waals surface area contributed by atoms with Gasteiger partial charge < -0.3 is 62.7 Å². The van der Waals surface area contributed by atoms with Crippen LogP contribution >= 0.6 is 0 Å². The van der Waals surface area contributed by atoms with Crippen molar-refractivity contribution in [3.63, 3.8) is 0 Å². The topological polar surface area (TPSA) is 306 Å². The second kappa shape index (κ2) is 42.3. The highest BCUT2D eigenvalue weighted by Gasteiger charge is 2.43. The van der Waals surface area contributed by atoms with Crippen LogP contribution in [0.3, 0.4) is 0 Å². The SMILES string of the molecule is CC(=O)N1CCc2c(c(N3CC(C)Cc4cc(-c5cnn(C)c5)c(C#N)cc43)nn2C2CCOCC2)C1.CC(=O)N1CCc2c(c(N3CC[C@@H](C)c4cc(-c5cnn(C)c5)c(C(F)F)cc43)nn2C2CCOCC2)C1.CC(=O)N1CCc2c(c(N3CC[C@H](C)c4cc(-c5cnn(C)c5)c(C(F)F)cc43)nn2C2CCOCC2)C1.Cn1cc(-c2ccc3c(c2)CCCN3c2nn(C3CCOCC3)c3c2CN(c2ccon2)CC3)cn1. The molecule has 0 spiro atoms. The molecule has 4 fully saturated rings. The Morgan fingerprint density at radius 1 is 0.403 bits per heavy atom. The summed E-state index contributed by atoms with van der Waals surface area (Å²) in [6.45, 7) is 25.8. The van der Waals surface area contributed by atoms with E-state index in [0.29, 0.717) is 118 Å². The highest BCUT2D eigenvalue weighted by molar-refractivity contribution is 5.84. The zero-order valence-corrected chi connectivity index (χ0v) is 86.7. The Labute approximate surface area is 864 Å². The first kappa shape index (κ1) is 99.8. The Balaban J connectivity index is 0.000000112. The number of ether oxygens (including phenoxy) is 4. The molecule has 3 amide bonds. The molecule has 0 radical (unpaired) electrons. The molecule has 0 bridgehead atoms. The summed E-state index contributed by atoms with van der Waals surface area (Å²) in [6, 6.07) is 23.7. The van der Waals surface area contributed by atoms with E-state index >= 15 is 0 Å². The fourth-order valence-corrected chi connectivity index (χ4v) is 24.6. The third-order valence-corrected chi connectivity index (χ3v) is 32.6. The maximum absolute atomic E-state index is 14.5. The van der Waals surface area contributed by atoms with Crippen molar-refractivity contribution < 1.29 is 55.4 Å². The van der Waals surface area contributed by atoms with Gasteiger partial charge in [0.15, 0.2) is 29.1 Å². The largest absolute Gasteiger partial charge is 0.381 e. The van der Waals surface area contributed by atoms with Crippen molar-refractivity contribution in [2.24, 2.45) is 34.1 Å². The molecule has 34 nitrogen and oxygen atoms in total. The summed E-state index contributed by atoms with van der Waals surface area (Å²) in [6.07, 6.45) is 26.6. The molecular formula is C111H132F4N26O8. The Kier molecular flexibility index (Phi) is 28.4. The van der Waals surface area contributed by atoms with Crippen LogP contribution in [-0.4, -0.2) is 221 Å². The number of fused-ring (bicyclic) bond motifs is 8. The number of nitrogens with zero attached hydrogens (tertiary/aromatic N) is 26. The number of alkyl halides is 4. The number of aromatic nitrogens is 17. The smallest absolute Gasteiger partial charge is 0.264 e. The number of carbonyl (C=O) groups is 3. The molecule has 0 saturated carbocycles. The standard InChI is InChI=1S/2C28H34F2N6O2.C28H33N7O2.C27H31N7O2/c2*1-17-4-9-35(26-13-23(27(29)30)22(12-21(17)26)19-14-31-33(3)15-19)28-24-16-34(18(2)37)8-5-25(24)36(32-28)20-6-10-38-11-7-20;1-18-10-20-11-24(22-14-30-32(3)16-22)21(13-29)12-27(20)34(15-18)28-25-17-33(19(2)36)7-4-26(25)35(31-28)23-5-8-37-9-6-23;1-31-17-21(16-28-31)19-4-5-24-20(15-19)3-2-10-33(24)27-23-18-32(26-9-14-36-30-26)11-6-25(23)34(29-27)22-7-12-35-13-8-22/h2*12-15,17,20,27H,4-11,16H2,1-3H3;11-12,14,16,18,23H,4-10,15,17H2,1-3H3;4-5,9,14-17,22H,2-3,6-8,10-13,18H2,1H3/t2*17-;;/m10../s1. The molecule has 12 aliphatic heterocycles. The molecule has 0 N–H and O–H groups in total. The van der Waals surface area contributed by atoms with Crippen LogP contribution in [0.25, 0.3) is 44.5 Å². The highest BCUT2D eigenvalue weighted by atomic mass is 19.3. The minimum atomic E-state index is -2.63. The van der Waals surface area contributed by atoms with Crippen LogP contribution in [0.2, 0.25) is 0 Å². The van der Waals surface area contributed by atoms with Gasteiger partial charge in [0.25, 0.3) is 12.9 Å². The number of halogens is 4. The number of anilines is 9. The molecule has 782 valence electrons. The van der Waals surface area contributed by atoms with Gasteiger partial charge in [-0.25, -0.2) is 17.6 Å². The van der Waals surface area contributed by atoms with Crippen LogP contribution in [0.1, 0.15) is 245 Å².